The SMILES string of the molecule is O=[N+]([O-])c1ccc(N2CCCC(COc3ccccc3)C2)c2ccncc12. The maximum atomic E-state index is 11.3. The number of para-hydroxylation sites is 1. The quantitative estimate of drug-likeness (QED) is 0.495. The van der Waals surface area contributed by atoms with Crippen molar-refractivity contribution in [3.05, 3.63) is 71.0 Å². The number of benzene rings is 2. The van der Waals surface area contributed by atoms with Crippen molar-refractivity contribution in [1.29, 1.82) is 0 Å². The summed E-state index contributed by atoms with van der Waals surface area (Å²) in [6, 6.07) is 15.2. The molecule has 0 amide bonds. The lowest BCUT2D eigenvalue weighted by Crippen LogP contribution is -2.37. The van der Waals surface area contributed by atoms with Crippen LogP contribution in [-0.2, 0) is 0 Å². The highest BCUT2D eigenvalue weighted by molar-refractivity contribution is 5.99. The number of ether oxygens (including phenoxy) is 1. The summed E-state index contributed by atoms with van der Waals surface area (Å²) in [5.41, 5.74) is 1.13. The minimum atomic E-state index is -0.347. The summed E-state index contributed by atoms with van der Waals surface area (Å²) < 4.78 is 5.94. The Balaban J connectivity index is 1.55. The summed E-state index contributed by atoms with van der Waals surface area (Å²) in [7, 11) is 0. The molecule has 1 saturated heterocycles. The number of pyridine rings is 1. The Labute approximate surface area is 157 Å². The van der Waals surface area contributed by atoms with Crippen LogP contribution in [0.15, 0.2) is 60.9 Å². The van der Waals surface area contributed by atoms with E-state index >= 15 is 0 Å². The van der Waals surface area contributed by atoms with E-state index in [2.05, 4.69) is 9.88 Å². The van der Waals surface area contributed by atoms with Crippen molar-refractivity contribution in [2.24, 2.45) is 5.92 Å². The summed E-state index contributed by atoms with van der Waals surface area (Å²) in [6.45, 7) is 2.49. The lowest BCUT2D eigenvalue weighted by atomic mass is 9.97. The summed E-state index contributed by atoms with van der Waals surface area (Å²) in [5.74, 6) is 1.31. The molecule has 1 atom stereocenters. The van der Waals surface area contributed by atoms with Crippen molar-refractivity contribution in [3.8, 4) is 5.75 Å². The third kappa shape index (κ3) is 3.69. The zero-order valence-electron chi connectivity index (χ0n) is 15.0. The van der Waals surface area contributed by atoms with Crippen LogP contribution < -0.4 is 9.64 Å². The average molecular weight is 363 g/mol. The molecule has 6 heteroatoms. The van der Waals surface area contributed by atoms with Gasteiger partial charge < -0.3 is 9.64 Å². The van der Waals surface area contributed by atoms with Gasteiger partial charge in [0.05, 0.1) is 16.9 Å². The molecule has 27 heavy (non-hydrogen) atoms. The van der Waals surface area contributed by atoms with Gasteiger partial charge in [-0.25, -0.2) is 0 Å². The minimum absolute atomic E-state index is 0.0998. The van der Waals surface area contributed by atoms with Crippen molar-refractivity contribution in [2.75, 3.05) is 24.6 Å². The Kier molecular flexibility index (Phi) is 4.87. The van der Waals surface area contributed by atoms with Gasteiger partial charge in [0.1, 0.15) is 5.75 Å². The van der Waals surface area contributed by atoms with E-state index < -0.39 is 0 Å². The number of hydrogen-bond acceptors (Lipinski definition) is 5. The Morgan fingerprint density at radius 3 is 2.81 bits per heavy atom. The van der Waals surface area contributed by atoms with Crippen LogP contribution in [-0.4, -0.2) is 29.6 Å². The highest BCUT2D eigenvalue weighted by Gasteiger charge is 2.24. The second-order valence-corrected chi connectivity index (χ2v) is 6.86. The Morgan fingerprint density at radius 1 is 1.15 bits per heavy atom. The van der Waals surface area contributed by atoms with Crippen LogP contribution in [0.2, 0.25) is 0 Å². The molecule has 4 rings (SSSR count). The molecule has 1 aromatic heterocycles. The van der Waals surface area contributed by atoms with E-state index in [0.29, 0.717) is 17.9 Å². The molecule has 1 fully saturated rings. The molecule has 3 aromatic rings. The molecule has 1 aliphatic heterocycles. The molecule has 1 unspecified atom stereocenters. The molecule has 0 bridgehead atoms. The molecule has 1 aliphatic rings. The standard InChI is InChI=1S/C21H21N3O3/c25-24(26)21-9-8-20(18-10-11-22-13-19(18)21)23-12-4-5-16(14-23)15-27-17-6-2-1-3-7-17/h1-3,6-11,13,16H,4-5,12,14-15H2. The molecule has 0 saturated carbocycles. The first kappa shape index (κ1) is 17.3. The second-order valence-electron chi connectivity index (χ2n) is 6.86. The highest BCUT2D eigenvalue weighted by Crippen LogP contribution is 2.35. The fourth-order valence-electron chi connectivity index (χ4n) is 3.75. The molecule has 0 N–H and O–H groups in total. The van der Waals surface area contributed by atoms with Crippen LogP contribution >= 0.6 is 0 Å². The zero-order valence-corrected chi connectivity index (χ0v) is 15.0. The predicted molar refractivity (Wildman–Crippen MR) is 105 cm³/mol. The van der Waals surface area contributed by atoms with Gasteiger partial charge in [0.15, 0.2) is 0 Å². The van der Waals surface area contributed by atoms with E-state index in [0.717, 1.165) is 42.8 Å². The fraction of sp³-hybridized carbons (Fsp3) is 0.286. The monoisotopic (exact) mass is 363 g/mol. The van der Waals surface area contributed by atoms with E-state index in [-0.39, 0.29) is 10.6 Å². The van der Waals surface area contributed by atoms with E-state index in [1.54, 1.807) is 18.5 Å². The second kappa shape index (κ2) is 7.61. The maximum Gasteiger partial charge on any atom is 0.278 e. The lowest BCUT2D eigenvalue weighted by molar-refractivity contribution is -0.383. The molecular formula is C21H21N3O3. The number of non-ortho nitro benzene ring substituents is 1. The predicted octanol–water partition coefficient (Wildman–Crippen LogP) is 4.44. The molecule has 0 spiro atoms. The third-order valence-electron chi connectivity index (χ3n) is 5.06. The first-order chi connectivity index (χ1) is 13.2. The van der Waals surface area contributed by atoms with Gasteiger partial charge in [0.25, 0.3) is 5.69 Å². The number of rotatable bonds is 5. The van der Waals surface area contributed by atoms with Gasteiger partial charge in [-0.1, -0.05) is 18.2 Å². The normalized spacial score (nSPS) is 17.0. The van der Waals surface area contributed by atoms with E-state index in [9.17, 15) is 10.1 Å². The molecule has 138 valence electrons. The smallest absolute Gasteiger partial charge is 0.278 e. The number of nitrogens with zero attached hydrogens (tertiary/aromatic N) is 3. The van der Waals surface area contributed by atoms with Crippen LogP contribution in [0, 0.1) is 16.0 Å². The van der Waals surface area contributed by atoms with Crippen LogP contribution in [0.1, 0.15) is 12.8 Å². The molecule has 6 nitrogen and oxygen atoms in total. The van der Waals surface area contributed by atoms with Crippen LogP contribution in [0.3, 0.4) is 0 Å². The maximum absolute atomic E-state index is 11.3. The fourth-order valence-corrected chi connectivity index (χ4v) is 3.75. The van der Waals surface area contributed by atoms with Gasteiger partial charge in [0.2, 0.25) is 0 Å². The van der Waals surface area contributed by atoms with Crippen molar-refractivity contribution >= 4 is 22.1 Å². The first-order valence-corrected chi connectivity index (χ1v) is 9.16. The Bertz CT molecular complexity index is 946. The molecular weight excluding hydrogens is 342 g/mol. The average Bonchev–Trinajstić information content (AvgIpc) is 2.72. The van der Waals surface area contributed by atoms with E-state index in [1.807, 2.05) is 42.5 Å². The summed E-state index contributed by atoms with van der Waals surface area (Å²) in [5, 5.41) is 12.8. The topological polar surface area (TPSA) is 68.5 Å². The summed E-state index contributed by atoms with van der Waals surface area (Å²) >= 11 is 0. The van der Waals surface area contributed by atoms with Crippen molar-refractivity contribution in [1.82, 2.24) is 4.98 Å². The van der Waals surface area contributed by atoms with E-state index in [4.69, 9.17) is 4.74 Å². The molecule has 0 radical (unpaired) electrons. The number of hydrogen-bond donors (Lipinski definition) is 0. The molecule has 2 aromatic carbocycles. The first-order valence-electron chi connectivity index (χ1n) is 9.16. The van der Waals surface area contributed by atoms with Crippen molar-refractivity contribution in [2.45, 2.75) is 12.8 Å². The highest BCUT2D eigenvalue weighted by atomic mass is 16.6. The number of nitro groups is 1. The number of fused-ring (bicyclic) bond motifs is 1. The van der Waals surface area contributed by atoms with E-state index in [1.165, 1.54) is 0 Å². The van der Waals surface area contributed by atoms with Gasteiger partial charge in [0, 0.05) is 48.5 Å². The van der Waals surface area contributed by atoms with Gasteiger partial charge in [-0.15, -0.1) is 0 Å². The van der Waals surface area contributed by atoms with Crippen molar-refractivity contribution in [3.63, 3.8) is 0 Å². The number of nitro benzene ring substituents is 1. The van der Waals surface area contributed by atoms with Crippen LogP contribution in [0.25, 0.3) is 10.8 Å². The van der Waals surface area contributed by atoms with Gasteiger partial charge in [-0.05, 0) is 37.1 Å². The summed E-state index contributed by atoms with van der Waals surface area (Å²) in [6.07, 6.45) is 5.47. The van der Waals surface area contributed by atoms with Crippen LogP contribution in [0.4, 0.5) is 11.4 Å². The van der Waals surface area contributed by atoms with Gasteiger partial charge >= 0.3 is 0 Å². The lowest BCUT2D eigenvalue weighted by Gasteiger charge is -2.35. The Hall–Kier alpha value is -3.15. The van der Waals surface area contributed by atoms with Crippen LogP contribution in [0.5, 0.6) is 5.75 Å². The number of piperidine rings is 1. The zero-order chi connectivity index (χ0) is 18.6. The number of aromatic nitrogens is 1. The summed E-state index contributed by atoms with van der Waals surface area (Å²) in [4.78, 5) is 17.4. The number of anilines is 1. The van der Waals surface area contributed by atoms with Gasteiger partial charge in [-0.3, -0.25) is 15.1 Å². The minimum Gasteiger partial charge on any atom is -0.493 e. The van der Waals surface area contributed by atoms with Gasteiger partial charge in [-0.2, -0.15) is 0 Å². The molecule has 0 aliphatic carbocycles. The Morgan fingerprint density at radius 2 is 2.00 bits per heavy atom. The third-order valence-corrected chi connectivity index (χ3v) is 5.06. The van der Waals surface area contributed by atoms with Crippen molar-refractivity contribution < 1.29 is 9.66 Å². The largest absolute Gasteiger partial charge is 0.493 e. The molecule has 2 heterocycles.